The molecule has 1 amide bonds. The van der Waals surface area contributed by atoms with Crippen molar-refractivity contribution in [2.75, 3.05) is 36.1 Å². The summed E-state index contributed by atoms with van der Waals surface area (Å²) in [5.74, 6) is 2.96. The normalized spacial score (nSPS) is 20.4. The summed E-state index contributed by atoms with van der Waals surface area (Å²) in [7, 11) is 1.77. The van der Waals surface area contributed by atoms with E-state index < -0.39 is 5.60 Å². The zero-order chi connectivity index (χ0) is 28.3. The van der Waals surface area contributed by atoms with E-state index in [1.165, 1.54) is 0 Å². The van der Waals surface area contributed by atoms with Gasteiger partial charge in [0, 0.05) is 51.2 Å². The van der Waals surface area contributed by atoms with Crippen LogP contribution in [0.1, 0.15) is 59.3 Å². The molecule has 4 N–H and O–H groups in total. The first-order valence-electron chi connectivity index (χ1n) is 14.2. The number of rotatable bonds is 7. The van der Waals surface area contributed by atoms with E-state index in [4.69, 9.17) is 20.2 Å². The quantitative estimate of drug-likeness (QED) is 0.390. The second-order valence-corrected chi connectivity index (χ2v) is 11.8. The van der Waals surface area contributed by atoms with Gasteiger partial charge in [-0.05, 0) is 71.3 Å². The van der Waals surface area contributed by atoms with E-state index in [2.05, 4.69) is 30.6 Å². The first-order chi connectivity index (χ1) is 19.2. The highest BCUT2D eigenvalue weighted by molar-refractivity contribution is 5.90. The van der Waals surface area contributed by atoms with Crippen molar-refractivity contribution in [3.05, 3.63) is 24.5 Å². The van der Waals surface area contributed by atoms with Crippen LogP contribution in [0.25, 0.3) is 10.9 Å². The Balaban J connectivity index is 1.22. The Morgan fingerprint density at radius 1 is 1.10 bits per heavy atom. The van der Waals surface area contributed by atoms with Crippen molar-refractivity contribution >= 4 is 40.4 Å². The molecule has 5 rings (SSSR count). The predicted octanol–water partition coefficient (Wildman–Crippen LogP) is 4.25. The second-order valence-electron chi connectivity index (χ2n) is 11.8. The topological polar surface area (TPSA) is 145 Å². The van der Waals surface area contributed by atoms with Crippen LogP contribution >= 0.6 is 0 Å². The number of ether oxygens (including phenoxy) is 2. The third-order valence-electron chi connectivity index (χ3n) is 7.62. The van der Waals surface area contributed by atoms with Crippen LogP contribution in [-0.4, -0.2) is 68.8 Å². The third kappa shape index (κ3) is 6.90. The van der Waals surface area contributed by atoms with Gasteiger partial charge < -0.3 is 30.7 Å². The van der Waals surface area contributed by atoms with Crippen molar-refractivity contribution in [2.24, 2.45) is 5.92 Å². The molecule has 0 atom stereocenters. The fourth-order valence-corrected chi connectivity index (χ4v) is 5.50. The van der Waals surface area contributed by atoms with Gasteiger partial charge in [-0.15, -0.1) is 0 Å². The summed E-state index contributed by atoms with van der Waals surface area (Å²) in [4.78, 5) is 28.1. The average molecular weight is 552 g/mol. The molecule has 0 radical (unpaired) electrons. The number of piperidine rings is 1. The summed E-state index contributed by atoms with van der Waals surface area (Å²) >= 11 is 0. The summed E-state index contributed by atoms with van der Waals surface area (Å²) < 4.78 is 12.9. The number of nitrogens with one attached hydrogen (secondary N) is 2. The van der Waals surface area contributed by atoms with Crippen LogP contribution in [0.2, 0.25) is 0 Å². The van der Waals surface area contributed by atoms with E-state index in [1.54, 1.807) is 19.5 Å². The Kier molecular flexibility index (Phi) is 8.24. The minimum atomic E-state index is -0.498. The number of nitrogens with zero attached hydrogens (tertiary/aromatic N) is 6. The largest absolute Gasteiger partial charge is 0.444 e. The SMILES string of the molecule is COC1CCN(c2nccc(Nc3cc4c(cn3)c(N)nn4CC3CCC(NC(=O)OC(C)(C)C)CC3)n2)CC1. The van der Waals surface area contributed by atoms with Gasteiger partial charge >= 0.3 is 6.09 Å². The molecule has 0 unspecified atom stereocenters. The lowest BCUT2D eigenvalue weighted by Gasteiger charge is -2.31. The van der Waals surface area contributed by atoms with E-state index in [9.17, 15) is 4.79 Å². The number of alkyl carbamates (subject to hydrolysis) is 1. The van der Waals surface area contributed by atoms with Gasteiger partial charge in [0.25, 0.3) is 0 Å². The minimum Gasteiger partial charge on any atom is -0.444 e. The smallest absolute Gasteiger partial charge is 0.407 e. The molecule has 2 aliphatic rings. The van der Waals surface area contributed by atoms with Crippen LogP contribution in [0.4, 0.5) is 28.2 Å². The summed E-state index contributed by atoms with van der Waals surface area (Å²) in [6.07, 6.45) is 9.20. The maximum atomic E-state index is 12.1. The number of carbonyl (C=O) groups excluding carboxylic acids is 1. The molecule has 1 aliphatic heterocycles. The molecule has 3 aromatic rings. The molecular formula is C28H41N9O3. The fourth-order valence-electron chi connectivity index (χ4n) is 5.50. The number of methoxy groups -OCH3 is 1. The molecular weight excluding hydrogens is 510 g/mol. The molecule has 2 fully saturated rings. The van der Waals surface area contributed by atoms with Crippen LogP contribution in [0.5, 0.6) is 0 Å². The number of amides is 1. The maximum Gasteiger partial charge on any atom is 0.407 e. The summed E-state index contributed by atoms with van der Waals surface area (Å²) in [5, 5.41) is 11.8. The number of aromatic nitrogens is 5. The number of hydrogen-bond donors (Lipinski definition) is 3. The highest BCUT2D eigenvalue weighted by atomic mass is 16.6. The molecule has 3 aromatic heterocycles. The van der Waals surface area contributed by atoms with Gasteiger partial charge in [0.1, 0.15) is 17.2 Å². The molecule has 0 bridgehead atoms. The Labute approximate surface area is 235 Å². The van der Waals surface area contributed by atoms with Gasteiger partial charge in [-0.3, -0.25) is 4.68 Å². The third-order valence-corrected chi connectivity index (χ3v) is 7.62. The molecule has 40 heavy (non-hydrogen) atoms. The zero-order valence-corrected chi connectivity index (χ0v) is 23.9. The van der Waals surface area contributed by atoms with Crippen molar-refractivity contribution in [1.29, 1.82) is 0 Å². The van der Waals surface area contributed by atoms with Gasteiger partial charge in [-0.1, -0.05) is 0 Å². The number of nitrogens with two attached hydrogens (primary N) is 1. The van der Waals surface area contributed by atoms with Gasteiger partial charge in [-0.2, -0.15) is 10.1 Å². The van der Waals surface area contributed by atoms with Crippen molar-refractivity contribution in [2.45, 2.75) is 83.6 Å². The predicted molar refractivity (Wildman–Crippen MR) is 155 cm³/mol. The number of pyridine rings is 1. The molecule has 1 saturated heterocycles. The second kappa shape index (κ2) is 11.8. The number of carbonyl (C=O) groups is 1. The molecule has 4 heterocycles. The Morgan fingerprint density at radius 2 is 1.85 bits per heavy atom. The van der Waals surface area contributed by atoms with Crippen LogP contribution < -0.4 is 21.3 Å². The van der Waals surface area contributed by atoms with Crippen molar-refractivity contribution in [1.82, 2.24) is 30.0 Å². The van der Waals surface area contributed by atoms with E-state index in [0.717, 1.165) is 69.1 Å². The van der Waals surface area contributed by atoms with Crippen molar-refractivity contribution < 1.29 is 14.3 Å². The summed E-state index contributed by atoms with van der Waals surface area (Å²) in [6.45, 7) is 8.10. The van der Waals surface area contributed by atoms with Crippen LogP contribution in [-0.2, 0) is 16.0 Å². The first-order valence-corrected chi connectivity index (χ1v) is 14.2. The summed E-state index contributed by atoms with van der Waals surface area (Å²) in [6, 6.07) is 3.95. The van der Waals surface area contributed by atoms with Gasteiger partial charge in [-0.25, -0.2) is 14.8 Å². The molecule has 12 heteroatoms. The molecule has 0 aromatic carbocycles. The number of anilines is 4. The highest BCUT2D eigenvalue weighted by Gasteiger charge is 2.26. The van der Waals surface area contributed by atoms with E-state index in [0.29, 0.717) is 35.4 Å². The highest BCUT2D eigenvalue weighted by Crippen LogP contribution is 2.30. The average Bonchev–Trinajstić information content (AvgIpc) is 3.23. The molecule has 1 aliphatic carbocycles. The minimum absolute atomic E-state index is 0.134. The van der Waals surface area contributed by atoms with Crippen LogP contribution in [0.3, 0.4) is 0 Å². The standard InChI is InChI=1S/C28H41N9O3/c1-28(2,3)40-27(38)32-19-7-5-18(6-8-19)17-37-22-15-24(31-16-21(22)25(29)35-37)33-23-9-12-30-26(34-23)36-13-10-20(39-4)11-14-36/h9,12,15-16,18-20H,5-8,10-11,13-14,17H2,1-4H3,(H2,29,35)(H,32,38)(H,30,31,33,34). The van der Waals surface area contributed by atoms with Gasteiger partial charge in [0.15, 0.2) is 5.82 Å². The lowest BCUT2D eigenvalue weighted by Crippen LogP contribution is -2.41. The number of fused-ring (bicyclic) bond motifs is 1. The molecule has 216 valence electrons. The lowest BCUT2D eigenvalue weighted by molar-refractivity contribution is 0.0486. The zero-order valence-electron chi connectivity index (χ0n) is 23.9. The monoisotopic (exact) mass is 551 g/mol. The summed E-state index contributed by atoms with van der Waals surface area (Å²) in [5.41, 5.74) is 6.68. The molecule has 12 nitrogen and oxygen atoms in total. The Hall–Kier alpha value is -3.67. The van der Waals surface area contributed by atoms with Gasteiger partial charge in [0.2, 0.25) is 5.95 Å². The maximum absolute atomic E-state index is 12.1. The van der Waals surface area contributed by atoms with Gasteiger partial charge in [0.05, 0.1) is 17.0 Å². The van der Waals surface area contributed by atoms with Crippen molar-refractivity contribution in [3.8, 4) is 0 Å². The van der Waals surface area contributed by atoms with E-state index in [1.807, 2.05) is 37.6 Å². The fraction of sp³-hybridized carbons (Fsp3) is 0.607. The van der Waals surface area contributed by atoms with Crippen LogP contribution in [0.15, 0.2) is 24.5 Å². The molecule has 1 saturated carbocycles. The number of hydrogen-bond acceptors (Lipinski definition) is 10. The van der Waals surface area contributed by atoms with Crippen LogP contribution in [0, 0.1) is 5.92 Å². The Morgan fingerprint density at radius 3 is 2.55 bits per heavy atom. The van der Waals surface area contributed by atoms with E-state index >= 15 is 0 Å². The number of nitrogen functional groups attached to an aromatic ring is 1. The Bertz CT molecular complexity index is 1310. The lowest BCUT2D eigenvalue weighted by atomic mass is 9.86. The van der Waals surface area contributed by atoms with E-state index in [-0.39, 0.29) is 12.1 Å². The molecule has 0 spiro atoms. The first kappa shape index (κ1) is 27.9. The van der Waals surface area contributed by atoms with Crippen molar-refractivity contribution in [3.63, 3.8) is 0 Å².